The molecule has 0 saturated heterocycles. The standard InChI is InChI=1S/C12H16FN3O3/c1-16(2)12(19)15-6-5-14-11(18)9-7-8(13)3-4-10(9)17/h3-4,7,17H,5-6H2,1-2H3,(H,14,18)(H,15,19). The molecule has 0 spiro atoms. The maximum Gasteiger partial charge on any atom is 0.316 e. The summed E-state index contributed by atoms with van der Waals surface area (Å²) >= 11 is 0. The monoisotopic (exact) mass is 269 g/mol. The van der Waals surface area contributed by atoms with E-state index in [-0.39, 0.29) is 30.4 Å². The molecule has 1 rings (SSSR count). The molecule has 0 fully saturated rings. The van der Waals surface area contributed by atoms with Crippen molar-refractivity contribution in [3.8, 4) is 5.75 Å². The molecular formula is C12H16FN3O3. The van der Waals surface area contributed by atoms with Crippen molar-refractivity contribution in [2.45, 2.75) is 0 Å². The molecular weight excluding hydrogens is 253 g/mol. The van der Waals surface area contributed by atoms with E-state index >= 15 is 0 Å². The highest BCUT2D eigenvalue weighted by molar-refractivity contribution is 5.96. The molecule has 3 N–H and O–H groups in total. The minimum atomic E-state index is -0.608. The molecule has 0 aromatic heterocycles. The van der Waals surface area contributed by atoms with Crippen LogP contribution in [0.4, 0.5) is 9.18 Å². The zero-order valence-corrected chi connectivity index (χ0v) is 10.7. The van der Waals surface area contributed by atoms with Gasteiger partial charge in [-0.2, -0.15) is 0 Å². The lowest BCUT2D eigenvalue weighted by Gasteiger charge is -2.12. The van der Waals surface area contributed by atoms with Crippen molar-refractivity contribution in [2.24, 2.45) is 0 Å². The number of urea groups is 1. The number of nitrogens with zero attached hydrogens (tertiary/aromatic N) is 1. The average Bonchev–Trinajstić information content (AvgIpc) is 2.36. The maximum atomic E-state index is 12.9. The van der Waals surface area contributed by atoms with Crippen LogP contribution in [0.5, 0.6) is 5.75 Å². The van der Waals surface area contributed by atoms with Crippen LogP contribution in [0.15, 0.2) is 18.2 Å². The Kier molecular flexibility index (Phi) is 5.11. The number of phenols is 1. The second-order valence-electron chi connectivity index (χ2n) is 4.04. The Morgan fingerprint density at radius 2 is 1.89 bits per heavy atom. The van der Waals surface area contributed by atoms with Gasteiger partial charge in [-0.15, -0.1) is 0 Å². The van der Waals surface area contributed by atoms with Crippen LogP contribution in [0.3, 0.4) is 0 Å². The Hall–Kier alpha value is -2.31. The maximum absolute atomic E-state index is 12.9. The van der Waals surface area contributed by atoms with E-state index in [0.29, 0.717) is 0 Å². The van der Waals surface area contributed by atoms with Gasteiger partial charge in [0.15, 0.2) is 0 Å². The third-order valence-electron chi connectivity index (χ3n) is 2.30. The molecule has 0 heterocycles. The van der Waals surface area contributed by atoms with Gasteiger partial charge in [0.05, 0.1) is 5.56 Å². The SMILES string of the molecule is CN(C)C(=O)NCCNC(=O)c1cc(F)ccc1O. The molecule has 7 heteroatoms. The second kappa shape index (κ2) is 6.58. The van der Waals surface area contributed by atoms with E-state index in [1.54, 1.807) is 14.1 Å². The van der Waals surface area contributed by atoms with Crippen molar-refractivity contribution in [3.63, 3.8) is 0 Å². The molecule has 0 unspecified atom stereocenters. The summed E-state index contributed by atoms with van der Waals surface area (Å²) in [6.07, 6.45) is 0. The van der Waals surface area contributed by atoms with Crippen LogP contribution in [0.1, 0.15) is 10.4 Å². The minimum absolute atomic E-state index is 0.140. The number of carbonyl (C=O) groups excluding carboxylic acids is 2. The summed E-state index contributed by atoms with van der Waals surface area (Å²) in [5.74, 6) is -1.50. The third-order valence-corrected chi connectivity index (χ3v) is 2.30. The van der Waals surface area contributed by atoms with Crippen LogP contribution >= 0.6 is 0 Å². The van der Waals surface area contributed by atoms with E-state index in [9.17, 15) is 19.1 Å². The summed E-state index contributed by atoms with van der Waals surface area (Å²) in [4.78, 5) is 24.2. The first-order chi connectivity index (χ1) is 8.91. The summed E-state index contributed by atoms with van der Waals surface area (Å²) in [5.41, 5.74) is -0.140. The number of rotatable bonds is 4. The fourth-order valence-electron chi connectivity index (χ4n) is 1.29. The highest BCUT2D eigenvalue weighted by Crippen LogP contribution is 2.17. The van der Waals surface area contributed by atoms with Gasteiger partial charge >= 0.3 is 6.03 Å². The van der Waals surface area contributed by atoms with E-state index in [2.05, 4.69) is 10.6 Å². The fraction of sp³-hybridized carbons (Fsp3) is 0.333. The van der Waals surface area contributed by atoms with Crippen LogP contribution in [-0.4, -0.2) is 49.1 Å². The number of amides is 3. The summed E-state index contributed by atoms with van der Waals surface area (Å²) in [6, 6.07) is 2.84. The second-order valence-corrected chi connectivity index (χ2v) is 4.04. The summed E-state index contributed by atoms with van der Waals surface area (Å²) in [7, 11) is 3.19. The molecule has 1 aromatic rings. The Bertz CT molecular complexity index is 477. The van der Waals surface area contributed by atoms with Gasteiger partial charge in [-0.05, 0) is 18.2 Å². The number of halogens is 1. The predicted molar refractivity (Wildman–Crippen MR) is 67.5 cm³/mol. The average molecular weight is 269 g/mol. The number of aromatic hydroxyl groups is 1. The molecule has 0 atom stereocenters. The number of hydrogen-bond acceptors (Lipinski definition) is 3. The van der Waals surface area contributed by atoms with Gasteiger partial charge in [0, 0.05) is 27.2 Å². The molecule has 3 amide bonds. The molecule has 0 aliphatic carbocycles. The van der Waals surface area contributed by atoms with Crippen LogP contribution in [0, 0.1) is 5.82 Å². The topological polar surface area (TPSA) is 81.7 Å². The summed E-state index contributed by atoms with van der Waals surface area (Å²) < 4.78 is 12.9. The molecule has 0 saturated carbocycles. The van der Waals surface area contributed by atoms with E-state index in [1.165, 1.54) is 4.90 Å². The zero-order valence-electron chi connectivity index (χ0n) is 10.7. The van der Waals surface area contributed by atoms with Crippen molar-refractivity contribution < 1.29 is 19.1 Å². The van der Waals surface area contributed by atoms with E-state index in [0.717, 1.165) is 18.2 Å². The molecule has 104 valence electrons. The lowest BCUT2D eigenvalue weighted by atomic mass is 10.2. The van der Waals surface area contributed by atoms with Crippen molar-refractivity contribution >= 4 is 11.9 Å². The van der Waals surface area contributed by atoms with Gasteiger partial charge in [0.25, 0.3) is 5.91 Å². The van der Waals surface area contributed by atoms with Crippen molar-refractivity contribution in [1.29, 1.82) is 0 Å². The zero-order chi connectivity index (χ0) is 14.4. The quantitative estimate of drug-likeness (QED) is 0.697. The summed E-state index contributed by atoms with van der Waals surface area (Å²) in [6.45, 7) is 0.410. The lowest BCUT2D eigenvalue weighted by molar-refractivity contribution is 0.0950. The molecule has 19 heavy (non-hydrogen) atoms. The number of phenolic OH excluding ortho intramolecular Hbond substituents is 1. The Balaban J connectivity index is 2.44. The first kappa shape index (κ1) is 14.7. The highest BCUT2D eigenvalue weighted by atomic mass is 19.1. The van der Waals surface area contributed by atoms with Gasteiger partial charge in [-0.1, -0.05) is 0 Å². The number of benzene rings is 1. The predicted octanol–water partition coefficient (Wildman–Crippen LogP) is 0.532. The molecule has 0 radical (unpaired) electrons. The van der Waals surface area contributed by atoms with Crippen molar-refractivity contribution in [2.75, 3.05) is 27.2 Å². The summed E-state index contributed by atoms with van der Waals surface area (Å²) in [5, 5.41) is 14.4. The molecule has 0 aliphatic rings. The first-order valence-electron chi connectivity index (χ1n) is 5.63. The lowest BCUT2D eigenvalue weighted by Crippen LogP contribution is -2.39. The largest absolute Gasteiger partial charge is 0.507 e. The van der Waals surface area contributed by atoms with Gasteiger partial charge in [-0.25, -0.2) is 9.18 Å². The normalized spacial score (nSPS) is 9.84. The first-order valence-corrected chi connectivity index (χ1v) is 5.63. The number of nitrogens with one attached hydrogen (secondary N) is 2. The van der Waals surface area contributed by atoms with Crippen LogP contribution in [0.2, 0.25) is 0 Å². The number of hydrogen-bond donors (Lipinski definition) is 3. The van der Waals surface area contributed by atoms with Gasteiger partial charge in [-0.3, -0.25) is 4.79 Å². The molecule has 0 aliphatic heterocycles. The Labute approximate surface area is 110 Å². The highest BCUT2D eigenvalue weighted by Gasteiger charge is 2.11. The minimum Gasteiger partial charge on any atom is -0.507 e. The fourth-order valence-corrected chi connectivity index (χ4v) is 1.29. The Morgan fingerprint density at radius 3 is 2.53 bits per heavy atom. The molecule has 6 nitrogen and oxygen atoms in total. The van der Waals surface area contributed by atoms with Crippen LogP contribution in [-0.2, 0) is 0 Å². The number of carbonyl (C=O) groups is 2. The Morgan fingerprint density at radius 1 is 1.26 bits per heavy atom. The molecule has 1 aromatic carbocycles. The van der Waals surface area contributed by atoms with Crippen LogP contribution < -0.4 is 10.6 Å². The van der Waals surface area contributed by atoms with Gasteiger partial charge in [0.2, 0.25) is 0 Å². The van der Waals surface area contributed by atoms with Gasteiger partial charge in [0.1, 0.15) is 11.6 Å². The molecule has 0 bridgehead atoms. The van der Waals surface area contributed by atoms with Crippen molar-refractivity contribution in [1.82, 2.24) is 15.5 Å². The van der Waals surface area contributed by atoms with E-state index < -0.39 is 11.7 Å². The van der Waals surface area contributed by atoms with Crippen LogP contribution in [0.25, 0.3) is 0 Å². The van der Waals surface area contributed by atoms with E-state index in [4.69, 9.17) is 0 Å². The third kappa shape index (κ3) is 4.46. The van der Waals surface area contributed by atoms with Crippen molar-refractivity contribution in [3.05, 3.63) is 29.6 Å². The smallest absolute Gasteiger partial charge is 0.316 e. The van der Waals surface area contributed by atoms with Gasteiger partial charge < -0.3 is 20.6 Å². The van der Waals surface area contributed by atoms with E-state index in [1.807, 2.05) is 0 Å².